The highest BCUT2D eigenvalue weighted by Crippen LogP contribution is 2.45. The first kappa shape index (κ1) is 19.3. The smallest absolute Gasteiger partial charge is 0.337 e. The number of carbonyl (C=O) groups is 2. The van der Waals surface area contributed by atoms with Crippen LogP contribution in [0.3, 0.4) is 0 Å². The Morgan fingerprint density at radius 1 is 0.852 bits per heavy atom. The number of hydrogen-bond acceptors (Lipinski definition) is 3. The number of methoxy groups -OCH3 is 1. The Hall–Kier alpha value is -2.42. The first-order valence-electron chi connectivity index (χ1n) is 9.49. The van der Waals surface area contributed by atoms with Crippen LogP contribution < -0.4 is 0 Å². The lowest BCUT2D eigenvalue weighted by Crippen LogP contribution is -2.33. The normalized spacial score (nSPS) is 17.1. The van der Waals surface area contributed by atoms with Crippen molar-refractivity contribution in [1.29, 1.82) is 0 Å². The summed E-state index contributed by atoms with van der Waals surface area (Å²) in [5.41, 5.74) is 5.18. The largest absolute Gasteiger partial charge is 0.465 e. The molecule has 3 nitrogen and oxygen atoms in total. The number of fused-ring (bicyclic) bond motifs is 1. The van der Waals surface area contributed by atoms with Crippen LogP contribution in [0.4, 0.5) is 0 Å². The molecular weight excluding hydrogens is 336 g/mol. The molecule has 0 atom stereocenters. The molecule has 1 aliphatic rings. The lowest BCUT2D eigenvalue weighted by atomic mass is 9.63. The Labute approximate surface area is 161 Å². The van der Waals surface area contributed by atoms with E-state index in [1.807, 2.05) is 0 Å². The van der Waals surface area contributed by atoms with Crippen LogP contribution in [0.5, 0.6) is 0 Å². The number of esters is 1. The highest BCUT2D eigenvalue weighted by molar-refractivity contribution is 5.98. The summed E-state index contributed by atoms with van der Waals surface area (Å²) < 4.78 is 4.70. The molecule has 3 rings (SSSR count). The van der Waals surface area contributed by atoms with E-state index in [1.165, 1.54) is 24.7 Å². The molecule has 0 aromatic heterocycles. The molecule has 0 saturated carbocycles. The standard InChI is InChI=1S/C24H28O3/c1-23(2)12-13-24(3,4)20-14-16(6-11-19(20)23)15-21(25)17-7-9-18(10-8-17)22(26)27-5/h6-11,14H,12-13,15H2,1-5H3. The van der Waals surface area contributed by atoms with Crippen LogP contribution in [0.1, 0.15) is 77.9 Å². The molecule has 2 aromatic carbocycles. The molecule has 0 fully saturated rings. The topological polar surface area (TPSA) is 43.4 Å². The maximum Gasteiger partial charge on any atom is 0.337 e. The molecule has 2 aromatic rings. The molecule has 0 bridgehead atoms. The molecule has 3 heteroatoms. The third-order valence-electron chi connectivity index (χ3n) is 5.91. The zero-order valence-electron chi connectivity index (χ0n) is 16.9. The van der Waals surface area contributed by atoms with Crippen molar-refractivity contribution in [2.24, 2.45) is 0 Å². The fraction of sp³-hybridized carbons (Fsp3) is 0.417. The Kier molecular flexibility index (Phi) is 4.98. The van der Waals surface area contributed by atoms with Gasteiger partial charge in [0.2, 0.25) is 0 Å². The summed E-state index contributed by atoms with van der Waals surface area (Å²) >= 11 is 0. The highest BCUT2D eigenvalue weighted by atomic mass is 16.5. The van der Waals surface area contributed by atoms with Gasteiger partial charge in [0.1, 0.15) is 0 Å². The van der Waals surface area contributed by atoms with Gasteiger partial charge >= 0.3 is 5.97 Å². The zero-order valence-corrected chi connectivity index (χ0v) is 16.9. The molecule has 0 saturated heterocycles. The fourth-order valence-electron chi connectivity index (χ4n) is 3.94. The molecule has 0 spiro atoms. The van der Waals surface area contributed by atoms with Crippen molar-refractivity contribution in [2.45, 2.75) is 57.8 Å². The van der Waals surface area contributed by atoms with Gasteiger partial charge in [-0.3, -0.25) is 4.79 Å². The predicted octanol–water partition coefficient (Wildman–Crippen LogP) is 5.25. The monoisotopic (exact) mass is 364 g/mol. The molecule has 27 heavy (non-hydrogen) atoms. The fourth-order valence-corrected chi connectivity index (χ4v) is 3.94. The van der Waals surface area contributed by atoms with Gasteiger partial charge in [0.25, 0.3) is 0 Å². The lowest BCUT2D eigenvalue weighted by molar-refractivity contribution is 0.0600. The third-order valence-corrected chi connectivity index (χ3v) is 5.91. The van der Waals surface area contributed by atoms with Crippen LogP contribution in [-0.4, -0.2) is 18.9 Å². The first-order valence-corrected chi connectivity index (χ1v) is 9.49. The maximum absolute atomic E-state index is 12.7. The molecule has 0 amide bonds. The van der Waals surface area contributed by atoms with E-state index < -0.39 is 5.97 Å². The third kappa shape index (κ3) is 3.83. The number of ether oxygens (including phenoxy) is 1. The van der Waals surface area contributed by atoms with E-state index in [4.69, 9.17) is 4.74 Å². The number of benzene rings is 2. The molecule has 0 N–H and O–H groups in total. The lowest BCUT2D eigenvalue weighted by Gasteiger charge is -2.42. The van der Waals surface area contributed by atoms with Gasteiger partial charge < -0.3 is 4.74 Å². The van der Waals surface area contributed by atoms with Crippen LogP contribution in [0.2, 0.25) is 0 Å². The van der Waals surface area contributed by atoms with Crippen molar-refractivity contribution < 1.29 is 14.3 Å². The van der Waals surface area contributed by atoms with E-state index in [9.17, 15) is 9.59 Å². The van der Waals surface area contributed by atoms with Gasteiger partial charge in [0, 0.05) is 12.0 Å². The number of carbonyl (C=O) groups excluding carboxylic acids is 2. The Balaban J connectivity index is 1.84. The quantitative estimate of drug-likeness (QED) is 0.550. The zero-order chi connectivity index (χ0) is 19.8. The van der Waals surface area contributed by atoms with Gasteiger partial charge in [-0.15, -0.1) is 0 Å². The summed E-state index contributed by atoms with van der Waals surface area (Å²) in [6, 6.07) is 13.2. The van der Waals surface area contributed by atoms with Crippen LogP contribution >= 0.6 is 0 Å². The number of rotatable bonds is 4. The minimum Gasteiger partial charge on any atom is -0.465 e. The van der Waals surface area contributed by atoms with Crippen molar-refractivity contribution in [3.63, 3.8) is 0 Å². The van der Waals surface area contributed by atoms with E-state index in [2.05, 4.69) is 45.9 Å². The van der Waals surface area contributed by atoms with E-state index in [0.29, 0.717) is 17.5 Å². The summed E-state index contributed by atoms with van der Waals surface area (Å²) in [5.74, 6) is -0.340. The van der Waals surface area contributed by atoms with Gasteiger partial charge in [-0.25, -0.2) is 4.79 Å². The average molecular weight is 364 g/mol. The highest BCUT2D eigenvalue weighted by Gasteiger charge is 2.36. The molecule has 1 aliphatic carbocycles. The van der Waals surface area contributed by atoms with E-state index in [-0.39, 0.29) is 16.6 Å². The maximum atomic E-state index is 12.7. The van der Waals surface area contributed by atoms with E-state index in [1.54, 1.807) is 24.3 Å². The second-order valence-corrected chi connectivity index (χ2v) is 8.82. The molecular formula is C24H28O3. The van der Waals surface area contributed by atoms with Crippen LogP contribution in [0, 0.1) is 0 Å². The summed E-state index contributed by atoms with van der Waals surface area (Å²) in [4.78, 5) is 24.2. The van der Waals surface area contributed by atoms with Crippen LogP contribution in [0.25, 0.3) is 0 Å². The summed E-state index contributed by atoms with van der Waals surface area (Å²) in [7, 11) is 1.35. The summed E-state index contributed by atoms with van der Waals surface area (Å²) in [6.45, 7) is 9.18. The molecule has 142 valence electrons. The molecule has 0 unspecified atom stereocenters. The van der Waals surface area contributed by atoms with Gasteiger partial charge in [0.05, 0.1) is 12.7 Å². The SMILES string of the molecule is COC(=O)c1ccc(C(=O)Cc2ccc3c(c2)C(C)(C)CCC3(C)C)cc1. The van der Waals surface area contributed by atoms with Gasteiger partial charge in [-0.2, -0.15) is 0 Å². The Morgan fingerprint density at radius 2 is 1.41 bits per heavy atom. The van der Waals surface area contributed by atoms with Crippen molar-refractivity contribution in [2.75, 3.05) is 7.11 Å². The molecule has 0 radical (unpaired) electrons. The van der Waals surface area contributed by atoms with E-state index in [0.717, 1.165) is 12.0 Å². The predicted molar refractivity (Wildman–Crippen MR) is 108 cm³/mol. The molecule has 0 heterocycles. The second kappa shape index (κ2) is 6.95. The van der Waals surface area contributed by atoms with Crippen molar-refractivity contribution >= 4 is 11.8 Å². The van der Waals surface area contributed by atoms with Crippen molar-refractivity contribution in [3.05, 3.63) is 70.3 Å². The van der Waals surface area contributed by atoms with E-state index >= 15 is 0 Å². The van der Waals surface area contributed by atoms with Crippen molar-refractivity contribution in [3.8, 4) is 0 Å². The minimum absolute atomic E-state index is 0.0549. The first-order chi connectivity index (χ1) is 12.6. The summed E-state index contributed by atoms with van der Waals surface area (Å²) in [5, 5.41) is 0. The number of Topliss-reactive ketones (excluding diaryl/α,β-unsaturated/α-hetero) is 1. The van der Waals surface area contributed by atoms with Crippen LogP contribution in [-0.2, 0) is 22.0 Å². The average Bonchev–Trinajstić information content (AvgIpc) is 2.65. The van der Waals surface area contributed by atoms with Crippen LogP contribution in [0.15, 0.2) is 42.5 Å². The minimum atomic E-state index is -0.395. The second-order valence-electron chi connectivity index (χ2n) is 8.82. The van der Waals surface area contributed by atoms with Crippen molar-refractivity contribution in [1.82, 2.24) is 0 Å². The number of ketones is 1. The molecule has 0 aliphatic heterocycles. The van der Waals surface area contributed by atoms with Gasteiger partial charge in [0.15, 0.2) is 5.78 Å². The van der Waals surface area contributed by atoms with Gasteiger partial charge in [-0.1, -0.05) is 58.0 Å². The Bertz CT molecular complexity index is 873. The summed E-state index contributed by atoms with van der Waals surface area (Å²) in [6.07, 6.45) is 2.69. The number of hydrogen-bond donors (Lipinski definition) is 0. The van der Waals surface area contributed by atoms with Gasteiger partial charge in [-0.05, 0) is 52.5 Å². The Morgan fingerprint density at radius 3 is 2.00 bits per heavy atom.